The highest BCUT2D eigenvalue weighted by atomic mass is 16.5. The minimum Gasteiger partial charge on any atom is -0.481 e. The molecule has 1 unspecified atom stereocenters. The fraction of sp³-hybridized carbons (Fsp3) is 0.474. The lowest BCUT2D eigenvalue weighted by molar-refractivity contribution is -0.127. The molecule has 0 radical (unpaired) electrons. The van der Waals surface area contributed by atoms with Crippen LogP contribution in [0.15, 0.2) is 36.9 Å². The third-order valence-electron chi connectivity index (χ3n) is 3.92. The number of rotatable bonds is 8. The van der Waals surface area contributed by atoms with Crippen molar-refractivity contribution in [3.8, 4) is 5.75 Å². The first-order valence-corrected chi connectivity index (χ1v) is 8.48. The Morgan fingerprint density at radius 3 is 2.79 bits per heavy atom. The van der Waals surface area contributed by atoms with E-state index in [9.17, 15) is 4.79 Å². The predicted octanol–water partition coefficient (Wildman–Crippen LogP) is 3.29. The molecule has 1 N–H and O–H groups in total. The Hall–Kier alpha value is -2.30. The van der Waals surface area contributed by atoms with Crippen LogP contribution < -0.4 is 10.1 Å². The molecular formula is C19H27N3O2. The zero-order chi connectivity index (χ0) is 17.5. The van der Waals surface area contributed by atoms with E-state index in [1.807, 2.05) is 23.8 Å². The minimum absolute atomic E-state index is 0.0863. The minimum atomic E-state index is -0.516. The van der Waals surface area contributed by atoms with Gasteiger partial charge in [0.25, 0.3) is 5.91 Å². The Morgan fingerprint density at radius 1 is 1.33 bits per heavy atom. The molecule has 130 valence electrons. The van der Waals surface area contributed by atoms with Gasteiger partial charge in [-0.25, -0.2) is 4.98 Å². The summed E-state index contributed by atoms with van der Waals surface area (Å²) in [5.41, 5.74) is 2.25. The molecular weight excluding hydrogens is 302 g/mol. The Balaban J connectivity index is 1.84. The van der Waals surface area contributed by atoms with Gasteiger partial charge in [-0.3, -0.25) is 4.79 Å². The molecule has 5 nitrogen and oxygen atoms in total. The van der Waals surface area contributed by atoms with Crippen LogP contribution in [0, 0.1) is 6.92 Å². The van der Waals surface area contributed by atoms with Gasteiger partial charge >= 0.3 is 0 Å². The summed E-state index contributed by atoms with van der Waals surface area (Å²) in [4.78, 5) is 16.2. The average Bonchev–Trinajstić information content (AvgIpc) is 3.04. The number of benzene rings is 1. The van der Waals surface area contributed by atoms with E-state index >= 15 is 0 Å². The van der Waals surface area contributed by atoms with Crippen molar-refractivity contribution in [1.82, 2.24) is 14.9 Å². The van der Waals surface area contributed by atoms with Crippen molar-refractivity contribution in [2.45, 2.75) is 52.7 Å². The number of nitrogens with zero attached hydrogens (tertiary/aromatic N) is 2. The second-order valence-electron chi connectivity index (χ2n) is 6.40. The number of amides is 1. The Morgan fingerprint density at radius 2 is 2.12 bits per heavy atom. The summed E-state index contributed by atoms with van der Waals surface area (Å²) in [6.45, 7) is 9.52. The van der Waals surface area contributed by atoms with Crippen molar-refractivity contribution >= 4 is 5.91 Å². The van der Waals surface area contributed by atoms with Gasteiger partial charge in [-0.05, 0) is 43.4 Å². The SMILES string of the molecule is Cc1ccc(C(C)C)c(OC(C)C(=O)NCCCn2ccnc2)c1. The van der Waals surface area contributed by atoms with Gasteiger partial charge < -0.3 is 14.6 Å². The summed E-state index contributed by atoms with van der Waals surface area (Å²) in [6, 6.07) is 6.15. The fourth-order valence-electron chi connectivity index (χ4n) is 2.50. The lowest BCUT2D eigenvalue weighted by Crippen LogP contribution is -2.37. The van der Waals surface area contributed by atoms with Gasteiger partial charge in [0.2, 0.25) is 0 Å². The second-order valence-corrected chi connectivity index (χ2v) is 6.40. The van der Waals surface area contributed by atoms with Crippen molar-refractivity contribution in [2.75, 3.05) is 6.54 Å². The number of aromatic nitrogens is 2. The largest absolute Gasteiger partial charge is 0.481 e. The van der Waals surface area contributed by atoms with E-state index in [0.29, 0.717) is 12.5 Å². The monoisotopic (exact) mass is 329 g/mol. The zero-order valence-electron chi connectivity index (χ0n) is 15.0. The van der Waals surface area contributed by atoms with Crippen LogP contribution in [0.5, 0.6) is 5.75 Å². The van der Waals surface area contributed by atoms with Crippen molar-refractivity contribution in [3.63, 3.8) is 0 Å². The van der Waals surface area contributed by atoms with E-state index in [1.54, 1.807) is 19.4 Å². The summed E-state index contributed by atoms with van der Waals surface area (Å²) in [7, 11) is 0. The molecule has 0 aliphatic rings. The van der Waals surface area contributed by atoms with Crippen LogP contribution in [0.4, 0.5) is 0 Å². The van der Waals surface area contributed by atoms with Gasteiger partial charge in [-0.1, -0.05) is 26.0 Å². The summed E-state index contributed by atoms with van der Waals surface area (Å²) in [5, 5.41) is 2.93. The van der Waals surface area contributed by atoms with Crippen molar-refractivity contribution in [3.05, 3.63) is 48.0 Å². The third kappa shape index (κ3) is 5.11. The summed E-state index contributed by atoms with van der Waals surface area (Å²) in [6.07, 6.45) is 5.79. The van der Waals surface area contributed by atoms with Crippen LogP contribution in [-0.2, 0) is 11.3 Å². The Labute approximate surface area is 144 Å². The number of hydrogen-bond donors (Lipinski definition) is 1. The molecule has 0 saturated carbocycles. The molecule has 1 aromatic carbocycles. The molecule has 2 rings (SSSR count). The van der Waals surface area contributed by atoms with E-state index < -0.39 is 6.10 Å². The van der Waals surface area contributed by atoms with Gasteiger partial charge in [-0.2, -0.15) is 0 Å². The van der Waals surface area contributed by atoms with Crippen molar-refractivity contribution < 1.29 is 9.53 Å². The topological polar surface area (TPSA) is 56.1 Å². The smallest absolute Gasteiger partial charge is 0.260 e. The van der Waals surface area contributed by atoms with Crippen LogP contribution >= 0.6 is 0 Å². The van der Waals surface area contributed by atoms with Gasteiger partial charge in [0.15, 0.2) is 6.10 Å². The van der Waals surface area contributed by atoms with Gasteiger partial charge in [0.1, 0.15) is 5.75 Å². The molecule has 1 heterocycles. The molecule has 1 atom stereocenters. The van der Waals surface area contributed by atoms with Gasteiger partial charge in [0, 0.05) is 25.5 Å². The summed E-state index contributed by atoms with van der Waals surface area (Å²) in [5.74, 6) is 1.06. The van der Waals surface area contributed by atoms with Crippen LogP contribution in [0.2, 0.25) is 0 Å². The molecule has 0 bridgehead atoms. The highest BCUT2D eigenvalue weighted by Crippen LogP contribution is 2.28. The highest BCUT2D eigenvalue weighted by molar-refractivity contribution is 5.80. The number of ether oxygens (including phenoxy) is 1. The molecule has 0 spiro atoms. The zero-order valence-corrected chi connectivity index (χ0v) is 15.0. The molecule has 24 heavy (non-hydrogen) atoms. The van der Waals surface area contributed by atoms with E-state index in [1.165, 1.54) is 0 Å². The first kappa shape index (κ1) is 18.0. The van der Waals surface area contributed by atoms with Crippen molar-refractivity contribution in [2.24, 2.45) is 0 Å². The predicted molar refractivity (Wildman–Crippen MR) is 95.2 cm³/mol. The molecule has 1 amide bonds. The van der Waals surface area contributed by atoms with Crippen LogP contribution in [0.1, 0.15) is 44.2 Å². The fourth-order valence-corrected chi connectivity index (χ4v) is 2.50. The summed E-state index contributed by atoms with van der Waals surface area (Å²) < 4.78 is 7.92. The molecule has 1 aromatic heterocycles. The Bertz CT molecular complexity index is 651. The quantitative estimate of drug-likeness (QED) is 0.756. The van der Waals surface area contributed by atoms with Gasteiger partial charge in [0.05, 0.1) is 6.33 Å². The number of carbonyl (C=O) groups excluding carboxylic acids is 1. The molecule has 0 saturated heterocycles. The number of hydrogen-bond acceptors (Lipinski definition) is 3. The Kier molecular flexibility index (Phi) is 6.41. The summed E-state index contributed by atoms with van der Waals surface area (Å²) >= 11 is 0. The maximum Gasteiger partial charge on any atom is 0.260 e. The highest BCUT2D eigenvalue weighted by Gasteiger charge is 2.17. The number of aryl methyl sites for hydroxylation is 2. The lowest BCUT2D eigenvalue weighted by Gasteiger charge is -2.19. The standard InChI is InChI=1S/C19H27N3O2/c1-14(2)17-7-6-15(3)12-18(17)24-16(4)19(23)21-8-5-10-22-11-9-20-13-22/h6-7,9,11-14,16H,5,8,10H2,1-4H3,(H,21,23). The molecule has 0 fully saturated rings. The van der Waals surface area contributed by atoms with Crippen molar-refractivity contribution in [1.29, 1.82) is 0 Å². The van der Waals surface area contributed by atoms with Crippen LogP contribution in [-0.4, -0.2) is 28.1 Å². The van der Waals surface area contributed by atoms with E-state index in [2.05, 4.69) is 36.3 Å². The second kappa shape index (κ2) is 8.52. The van der Waals surface area contributed by atoms with Crippen LogP contribution in [0.25, 0.3) is 0 Å². The van der Waals surface area contributed by atoms with Gasteiger partial charge in [-0.15, -0.1) is 0 Å². The number of nitrogens with one attached hydrogen (secondary N) is 1. The first-order valence-electron chi connectivity index (χ1n) is 8.48. The molecule has 2 aromatic rings. The van der Waals surface area contributed by atoms with E-state index in [-0.39, 0.29) is 5.91 Å². The maximum atomic E-state index is 12.2. The maximum absolute atomic E-state index is 12.2. The third-order valence-corrected chi connectivity index (χ3v) is 3.92. The molecule has 0 aliphatic carbocycles. The average molecular weight is 329 g/mol. The molecule has 0 aliphatic heterocycles. The number of carbonyl (C=O) groups is 1. The molecule has 5 heteroatoms. The van der Waals surface area contributed by atoms with E-state index in [4.69, 9.17) is 4.74 Å². The number of imidazole rings is 1. The lowest BCUT2D eigenvalue weighted by atomic mass is 10.0. The first-order chi connectivity index (χ1) is 11.5. The van der Waals surface area contributed by atoms with E-state index in [0.717, 1.165) is 29.8 Å². The van der Waals surface area contributed by atoms with Crippen LogP contribution in [0.3, 0.4) is 0 Å². The normalized spacial score (nSPS) is 12.2.